The number of hydrogen-bond acceptors (Lipinski definition) is 2. The molecule has 0 fully saturated rings. The molecule has 0 spiro atoms. The van der Waals surface area contributed by atoms with Crippen LogP contribution in [-0.4, -0.2) is 24.0 Å². The number of rotatable bonds is 20. The second-order valence-electron chi connectivity index (χ2n) is 10.1. The summed E-state index contributed by atoms with van der Waals surface area (Å²) in [6.45, 7) is 16.2. The molecule has 0 radical (unpaired) electrons. The van der Waals surface area contributed by atoms with Crippen LogP contribution >= 0.6 is 11.8 Å². The highest BCUT2D eigenvalue weighted by Gasteiger charge is 2.01. The quantitative estimate of drug-likeness (QED) is 0.133. The summed E-state index contributed by atoms with van der Waals surface area (Å²) < 4.78 is 0. The molecule has 1 amide bonds. The fraction of sp³-hybridized carbons (Fsp3) is 0.656. The van der Waals surface area contributed by atoms with Crippen LogP contribution in [0.2, 0.25) is 0 Å². The van der Waals surface area contributed by atoms with E-state index in [1.807, 2.05) is 11.8 Å². The second kappa shape index (κ2) is 23.0. The summed E-state index contributed by atoms with van der Waals surface area (Å²) in [5.74, 6) is 2.38. The van der Waals surface area contributed by atoms with Crippen LogP contribution in [0.4, 0.5) is 0 Å². The Morgan fingerprint density at radius 1 is 0.600 bits per heavy atom. The molecule has 0 aliphatic heterocycles. The molecule has 0 heterocycles. The Morgan fingerprint density at radius 2 is 1.06 bits per heavy atom. The lowest BCUT2D eigenvalue weighted by Gasteiger charge is -2.05. The van der Waals surface area contributed by atoms with Gasteiger partial charge >= 0.3 is 0 Å². The van der Waals surface area contributed by atoms with Gasteiger partial charge in [-0.25, -0.2) is 0 Å². The van der Waals surface area contributed by atoms with Crippen molar-refractivity contribution in [1.29, 1.82) is 0 Å². The number of unbranched alkanes of at least 4 members (excludes halogenated alkanes) is 1. The Bertz CT molecular complexity index is 720. The van der Waals surface area contributed by atoms with Gasteiger partial charge in [-0.2, -0.15) is 11.8 Å². The normalized spacial score (nSPS) is 13.2. The number of hydrogen-bond donors (Lipinski definition) is 1. The average Bonchev–Trinajstić information content (AvgIpc) is 2.80. The summed E-state index contributed by atoms with van der Waals surface area (Å²) in [7, 11) is 0. The molecule has 0 saturated heterocycles. The van der Waals surface area contributed by atoms with E-state index in [9.17, 15) is 4.79 Å². The van der Waals surface area contributed by atoms with Crippen LogP contribution < -0.4 is 5.32 Å². The Kier molecular flexibility index (Phi) is 22.0. The van der Waals surface area contributed by atoms with Crippen molar-refractivity contribution >= 4 is 17.7 Å². The third-order valence-electron chi connectivity index (χ3n) is 5.97. The fourth-order valence-electron chi connectivity index (χ4n) is 3.66. The largest absolute Gasteiger partial charge is 0.355 e. The van der Waals surface area contributed by atoms with Gasteiger partial charge in [0.15, 0.2) is 0 Å². The van der Waals surface area contributed by atoms with Crippen molar-refractivity contribution in [2.24, 2.45) is 0 Å². The number of nitrogens with one attached hydrogen (secondary N) is 1. The van der Waals surface area contributed by atoms with Crippen LogP contribution in [0.25, 0.3) is 0 Å². The zero-order valence-electron chi connectivity index (χ0n) is 24.1. The van der Waals surface area contributed by atoms with Crippen LogP contribution in [0.15, 0.2) is 58.2 Å². The highest BCUT2D eigenvalue weighted by Crippen LogP contribution is 2.14. The van der Waals surface area contributed by atoms with E-state index in [0.717, 1.165) is 57.2 Å². The molecular weight excluding hydrogens is 446 g/mol. The van der Waals surface area contributed by atoms with E-state index < -0.39 is 0 Å². The van der Waals surface area contributed by atoms with Crippen LogP contribution in [-0.2, 0) is 4.79 Å². The summed E-state index contributed by atoms with van der Waals surface area (Å²) in [5.41, 5.74) is 7.23. The van der Waals surface area contributed by atoms with Gasteiger partial charge in [-0.3, -0.25) is 4.79 Å². The molecule has 0 aromatic rings. The SMILES string of the molecule is CCCSCCNC(=O)CC/C(C)=C/CC/C(C)=C/CC/C=C(\C)CC/C=C(\C)CCC=C(C)C. The molecule has 0 bridgehead atoms. The molecule has 35 heavy (non-hydrogen) atoms. The van der Waals surface area contributed by atoms with E-state index >= 15 is 0 Å². The van der Waals surface area contributed by atoms with Gasteiger partial charge in [-0.15, -0.1) is 0 Å². The lowest BCUT2D eigenvalue weighted by Crippen LogP contribution is -2.25. The fourth-order valence-corrected chi connectivity index (χ4v) is 4.40. The maximum absolute atomic E-state index is 11.9. The minimum atomic E-state index is 0.180. The van der Waals surface area contributed by atoms with Crippen molar-refractivity contribution in [3.63, 3.8) is 0 Å². The molecule has 0 atom stereocenters. The first-order valence-corrected chi connectivity index (χ1v) is 15.0. The lowest BCUT2D eigenvalue weighted by molar-refractivity contribution is -0.120. The molecule has 0 aromatic heterocycles. The molecule has 2 nitrogen and oxygen atoms in total. The van der Waals surface area contributed by atoms with Crippen molar-refractivity contribution in [2.75, 3.05) is 18.1 Å². The van der Waals surface area contributed by atoms with Crippen LogP contribution in [0.1, 0.15) is 119 Å². The minimum Gasteiger partial charge on any atom is -0.355 e. The standard InChI is InChI=1S/C32H55NOS/c1-8-25-35-26-24-33-32(34)23-22-31(7)21-13-19-29(5)16-10-9-15-28(4)18-12-20-30(6)17-11-14-27(2)3/h14-16,20-21H,8-13,17-19,22-26H2,1-7H3,(H,33,34)/b28-15+,29-16+,30-20+,31-21+. The van der Waals surface area contributed by atoms with Crippen LogP contribution in [0.5, 0.6) is 0 Å². The first kappa shape index (κ1) is 33.5. The molecule has 0 rings (SSSR count). The topological polar surface area (TPSA) is 29.1 Å². The first-order valence-electron chi connectivity index (χ1n) is 13.8. The number of carbonyl (C=O) groups is 1. The summed E-state index contributed by atoms with van der Waals surface area (Å²) in [5, 5.41) is 3.03. The molecular formula is C32H55NOS. The van der Waals surface area contributed by atoms with E-state index in [0.29, 0.717) is 6.42 Å². The maximum atomic E-state index is 11.9. The molecule has 3 heteroatoms. The summed E-state index contributed by atoms with van der Waals surface area (Å²) in [6, 6.07) is 0. The number of allylic oxidation sites excluding steroid dienone is 10. The van der Waals surface area contributed by atoms with Gasteiger partial charge in [0.05, 0.1) is 0 Å². The predicted octanol–water partition coefficient (Wildman–Crippen LogP) is 9.90. The van der Waals surface area contributed by atoms with E-state index in [2.05, 4.69) is 84.2 Å². The van der Waals surface area contributed by atoms with E-state index in [1.165, 1.54) is 52.9 Å². The second-order valence-corrected chi connectivity index (χ2v) is 11.4. The van der Waals surface area contributed by atoms with E-state index in [-0.39, 0.29) is 5.91 Å². The summed E-state index contributed by atoms with van der Waals surface area (Å²) in [6.07, 6.45) is 23.6. The molecule has 200 valence electrons. The molecule has 0 unspecified atom stereocenters. The Balaban J connectivity index is 4.01. The van der Waals surface area contributed by atoms with Crippen LogP contribution in [0, 0.1) is 0 Å². The van der Waals surface area contributed by atoms with Gasteiger partial charge in [-0.05, 0) is 112 Å². The number of amides is 1. The smallest absolute Gasteiger partial charge is 0.220 e. The van der Waals surface area contributed by atoms with E-state index in [4.69, 9.17) is 0 Å². The van der Waals surface area contributed by atoms with Gasteiger partial charge in [-0.1, -0.05) is 65.2 Å². The van der Waals surface area contributed by atoms with Gasteiger partial charge in [0.2, 0.25) is 5.91 Å². The molecule has 0 aliphatic rings. The zero-order valence-corrected chi connectivity index (χ0v) is 24.9. The molecule has 0 aromatic carbocycles. The third kappa shape index (κ3) is 24.0. The Hall–Kier alpha value is -1.48. The molecule has 1 N–H and O–H groups in total. The molecule has 0 aliphatic carbocycles. The number of carbonyl (C=O) groups excluding carboxylic acids is 1. The summed E-state index contributed by atoms with van der Waals surface area (Å²) in [4.78, 5) is 11.9. The molecule has 0 saturated carbocycles. The lowest BCUT2D eigenvalue weighted by atomic mass is 10.0. The third-order valence-corrected chi connectivity index (χ3v) is 7.16. The Labute approximate surface area is 222 Å². The van der Waals surface area contributed by atoms with Gasteiger partial charge in [0.1, 0.15) is 0 Å². The monoisotopic (exact) mass is 501 g/mol. The zero-order chi connectivity index (χ0) is 26.3. The van der Waals surface area contributed by atoms with Crippen molar-refractivity contribution < 1.29 is 4.79 Å². The van der Waals surface area contributed by atoms with Crippen molar-refractivity contribution in [1.82, 2.24) is 5.32 Å². The average molecular weight is 502 g/mol. The van der Waals surface area contributed by atoms with Crippen molar-refractivity contribution in [2.45, 2.75) is 119 Å². The van der Waals surface area contributed by atoms with Crippen molar-refractivity contribution in [3.8, 4) is 0 Å². The van der Waals surface area contributed by atoms with Gasteiger partial charge in [0, 0.05) is 18.7 Å². The minimum absolute atomic E-state index is 0.180. The Morgan fingerprint density at radius 3 is 1.54 bits per heavy atom. The predicted molar refractivity (Wildman–Crippen MR) is 161 cm³/mol. The highest BCUT2D eigenvalue weighted by molar-refractivity contribution is 7.99. The van der Waals surface area contributed by atoms with Crippen molar-refractivity contribution in [3.05, 3.63) is 58.2 Å². The highest BCUT2D eigenvalue weighted by atomic mass is 32.2. The summed E-state index contributed by atoms with van der Waals surface area (Å²) >= 11 is 1.91. The first-order chi connectivity index (χ1) is 16.7. The van der Waals surface area contributed by atoms with Gasteiger partial charge in [0.25, 0.3) is 0 Å². The van der Waals surface area contributed by atoms with Crippen LogP contribution in [0.3, 0.4) is 0 Å². The van der Waals surface area contributed by atoms with Gasteiger partial charge < -0.3 is 5.32 Å². The van der Waals surface area contributed by atoms with E-state index in [1.54, 1.807) is 0 Å². The maximum Gasteiger partial charge on any atom is 0.220 e. The number of thioether (sulfide) groups is 1.